The molecule has 0 aliphatic carbocycles. The summed E-state index contributed by atoms with van der Waals surface area (Å²) >= 11 is 1.19. The number of carbonyl (C=O) groups excluding carboxylic acids is 1. The number of rotatable bonds is 14. The lowest BCUT2D eigenvalue weighted by atomic mass is 9.97. The van der Waals surface area contributed by atoms with Gasteiger partial charge in [0.25, 0.3) is 11.2 Å². The van der Waals surface area contributed by atoms with Crippen LogP contribution in [0.25, 0.3) is 6.08 Å². The zero-order chi connectivity index (χ0) is 35.1. The van der Waals surface area contributed by atoms with E-state index in [1.165, 1.54) is 48.5 Å². The second-order valence-electron chi connectivity index (χ2n) is 10.7. The first-order valence-corrected chi connectivity index (χ1v) is 16.2. The monoisotopic (exact) mass is 685 g/mol. The molecule has 0 unspecified atom stereocenters. The number of nitro groups is 1. The molecule has 0 radical (unpaired) electrons. The number of hydrogen-bond acceptors (Lipinski definition) is 11. The van der Waals surface area contributed by atoms with Gasteiger partial charge in [-0.15, -0.1) is 6.58 Å². The van der Waals surface area contributed by atoms with Gasteiger partial charge in [0, 0.05) is 23.9 Å². The van der Waals surface area contributed by atoms with Crippen molar-refractivity contribution in [2.24, 2.45) is 4.99 Å². The van der Waals surface area contributed by atoms with Gasteiger partial charge in [0.15, 0.2) is 27.8 Å². The Morgan fingerprint density at radius 3 is 2.41 bits per heavy atom. The molecule has 12 nitrogen and oxygen atoms in total. The normalized spacial score (nSPS) is 13.8. The fourth-order valence-corrected chi connectivity index (χ4v) is 6.37. The fourth-order valence-electron chi connectivity index (χ4n) is 5.40. The molecule has 1 aromatic heterocycles. The third kappa shape index (κ3) is 7.41. The highest BCUT2D eigenvalue weighted by Gasteiger charge is 2.31. The Hall–Kier alpha value is -5.69. The number of nitro benzene ring substituents is 1. The molecule has 4 aromatic rings. The second kappa shape index (κ2) is 15.5. The van der Waals surface area contributed by atoms with Crippen LogP contribution in [0.2, 0.25) is 0 Å². The number of aromatic nitrogens is 1. The van der Waals surface area contributed by atoms with Gasteiger partial charge in [-0.2, -0.15) is 0 Å². The van der Waals surface area contributed by atoms with Crippen molar-refractivity contribution >= 4 is 29.1 Å². The second-order valence-corrected chi connectivity index (χ2v) is 11.7. The van der Waals surface area contributed by atoms with Crippen LogP contribution in [0.15, 0.2) is 88.8 Å². The van der Waals surface area contributed by atoms with Crippen molar-refractivity contribution in [3.8, 4) is 23.0 Å². The summed E-state index contributed by atoms with van der Waals surface area (Å²) in [6, 6.07) is 14.2. The number of nitrogens with zero attached hydrogens (tertiary/aromatic N) is 3. The van der Waals surface area contributed by atoms with E-state index in [1.54, 1.807) is 48.6 Å². The van der Waals surface area contributed by atoms with Crippen molar-refractivity contribution in [2.75, 3.05) is 27.4 Å². The Morgan fingerprint density at radius 1 is 1.02 bits per heavy atom. The first-order valence-electron chi connectivity index (χ1n) is 15.4. The minimum atomic E-state index is -0.832. The molecule has 0 amide bonds. The van der Waals surface area contributed by atoms with Crippen LogP contribution < -0.4 is 33.8 Å². The first-order chi connectivity index (χ1) is 23.7. The molecule has 0 spiro atoms. The maximum Gasteiger partial charge on any atom is 0.337 e. The molecule has 2 heterocycles. The van der Waals surface area contributed by atoms with Crippen molar-refractivity contribution in [3.63, 3.8) is 0 Å². The highest BCUT2D eigenvalue weighted by atomic mass is 32.1. The van der Waals surface area contributed by atoms with Gasteiger partial charge in [0.1, 0.15) is 6.61 Å². The Balaban J connectivity index is 1.57. The summed E-state index contributed by atoms with van der Waals surface area (Å²) in [7, 11) is 2.80. The van der Waals surface area contributed by atoms with Crippen molar-refractivity contribution in [1.29, 1.82) is 0 Å². The molecule has 1 aliphatic rings. The molecule has 0 fully saturated rings. The lowest BCUT2D eigenvalue weighted by molar-refractivity contribution is -0.384. The SMILES string of the molecule is C=CCc1cc(/C=c2\sc3n(c2=O)[C@H](c2ccc(OCC)c(OCC)c2)C(C(=O)OC)=CN=3)cc(OC)c1OCc1ccc([N+](=O)[O-])cc1. The Labute approximate surface area is 286 Å². The van der Waals surface area contributed by atoms with Crippen molar-refractivity contribution in [2.45, 2.75) is 32.9 Å². The molecule has 3 aromatic carbocycles. The molecule has 0 bridgehead atoms. The number of carbonyl (C=O) groups is 1. The number of hydrogen-bond donors (Lipinski definition) is 0. The third-order valence-electron chi connectivity index (χ3n) is 7.57. The van der Waals surface area contributed by atoms with E-state index in [1.807, 2.05) is 19.9 Å². The number of ether oxygens (including phenoxy) is 5. The van der Waals surface area contributed by atoms with Gasteiger partial charge >= 0.3 is 5.97 Å². The summed E-state index contributed by atoms with van der Waals surface area (Å²) in [5, 5.41) is 11.0. The summed E-state index contributed by atoms with van der Waals surface area (Å²) < 4.78 is 30.3. The van der Waals surface area contributed by atoms with E-state index in [-0.39, 0.29) is 23.4 Å². The van der Waals surface area contributed by atoms with Gasteiger partial charge in [-0.05, 0) is 79.4 Å². The molecule has 254 valence electrons. The van der Waals surface area contributed by atoms with Crippen LogP contribution in [0, 0.1) is 10.1 Å². The van der Waals surface area contributed by atoms with E-state index in [4.69, 9.17) is 23.7 Å². The van der Waals surface area contributed by atoms with Crippen LogP contribution in [0.5, 0.6) is 23.0 Å². The number of methoxy groups -OCH3 is 2. The van der Waals surface area contributed by atoms with Crippen LogP contribution >= 0.6 is 11.3 Å². The molecule has 13 heteroatoms. The smallest absolute Gasteiger partial charge is 0.337 e. The topological polar surface area (TPSA) is 141 Å². The van der Waals surface area contributed by atoms with Crippen molar-refractivity contribution in [3.05, 3.63) is 131 Å². The quantitative estimate of drug-likeness (QED) is 0.0773. The minimum absolute atomic E-state index is 0.00843. The Morgan fingerprint density at radius 2 is 1.76 bits per heavy atom. The zero-order valence-electron chi connectivity index (χ0n) is 27.5. The predicted molar refractivity (Wildman–Crippen MR) is 184 cm³/mol. The van der Waals surface area contributed by atoms with Crippen LogP contribution in [0.3, 0.4) is 0 Å². The lowest BCUT2D eigenvalue weighted by Crippen LogP contribution is -2.39. The average Bonchev–Trinajstić information content (AvgIpc) is 3.42. The van der Waals surface area contributed by atoms with E-state index in [0.29, 0.717) is 63.1 Å². The molecule has 49 heavy (non-hydrogen) atoms. The van der Waals surface area contributed by atoms with Gasteiger partial charge in [-0.1, -0.05) is 23.5 Å². The Bertz CT molecular complexity index is 2100. The molecule has 0 saturated heterocycles. The van der Waals surface area contributed by atoms with Crippen LogP contribution in [-0.2, 0) is 22.6 Å². The number of esters is 1. The number of non-ortho nitro benzene ring substituents is 1. The molecule has 0 N–H and O–H groups in total. The molecule has 1 atom stereocenters. The van der Waals surface area contributed by atoms with E-state index in [0.717, 1.165) is 11.1 Å². The molecular formula is C36H35N3O9S. The maximum absolute atomic E-state index is 14.1. The highest BCUT2D eigenvalue weighted by Crippen LogP contribution is 2.36. The number of fused-ring (bicyclic) bond motifs is 1. The summed E-state index contributed by atoms with van der Waals surface area (Å²) in [6.07, 6.45) is 5.34. The fraction of sp³-hybridized carbons (Fsp3) is 0.250. The summed E-state index contributed by atoms with van der Waals surface area (Å²) in [5.74, 6) is 1.35. The summed E-state index contributed by atoms with van der Waals surface area (Å²) in [6.45, 7) is 8.59. The number of benzene rings is 3. The largest absolute Gasteiger partial charge is 0.493 e. The highest BCUT2D eigenvalue weighted by molar-refractivity contribution is 7.07. The van der Waals surface area contributed by atoms with Crippen LogP contribution in [0.4, 0.5) is 5.69 Å². The van der Waals surface area contributed by atoms with Crippen molar-refractivity contribution in [1.82, 2.24) is 4.57 Å². The molecule has 5 rings (SSSR count). The first kappa shape index (κ1) is 34.6. The number of thiazole rings is 1. The van der Waals surface area contributed by atoms with E-state index in [2.05, 4.69) is 11.6 Å². The summed E-state index contributed by atoms with van der Waals surface area (Å²) in [4.78, 5) is 42.5. The molecular weight excluding hydrogens is 650 g/mol. The lowest BCUT2D eigenvalue weighted by Gasteiger charge is -2.23. The third-order valence-corrected chi connectivity index (χ3v) is 8.57. The zero-order valence-corrected chi connectivity index (χ0v) is 28.3. The van der Waals surface area contributed by atoms with Crippen LogP contribution in [0.1, 0.15) is 42.1 Å². The maximum atomic E-state index is 14.1. The van der Waals surface area contributed by atoms with Crippen molar-refractivity contribution < 1.29 is 33.4 Å². The average molecular weight is 686 g/mol. The molecule has 0 saturated carbocycles. The Kier molecular flexibility index (Phi) is 10.9. The predicted octanol–water partition coefficient (Wildman–Crippen LogP) is 5.04. The van der Waals surface area contributed by atoms with E-state index >= 15 is 0 Å². The minimum Gasteiger partial charge on any atom is -0.493 e. The van der Waals surface area contributed by atoms with Gasteiger partial charge in [0.05, 0.1) is 48.5 Å². The standard InChI is InChI=1S/C36H35N3O9S/c1-6-9-25-16-23(17-30(44-4)33(25)48-21-22-10-13-26(14-11-22)39(42)43)18-31-34(40)38-32(27(35(41)45-5)20-37-36(38)49-31)24-12-15-28(46-7-2)29(19-24)47-8-3/h6,10-20,32H,1,7-9,21H2,2-5H3/b31-18-/t32-/m1/s1. The van der Waals surface area contributed by atoms with Crippen LogP contribution in [-0.4, -0.2) is 42.9 Å². The van der Waals surface area contributed by atoms with Gasteiger partial charge in [-0.3, -0.25) is 19.5 Å². The van der Waals surface area contributed by atoms with Gasteiger partial charge in [-0.25, -0.2) is 9.79 Å². The van der Waals surface area contributed by atoms with E-state index in [9.17, 15) is 19.7 Å². The van der Waals surface area contributed by atoms with Gasteiger partial charge < -0.3 is 23.7 Å². The number of allylic oxidation sites excluding steroid dienone is 1. The van der Waals surface area contributed by atoms with Gasteiger partial charge in [0.2, 0.25) is 0 Å². The molecule has 1 aliphatic heterocycles. The summed E-state index contributed by atoms with van der Waals surface area (Å²) in [5.41, 5.74) is 2.63. The van der Waals surface area contributed by atoms with E-state index < -0.39 is 16.9 Å².